The van der Waals surface area contributed by atoms with Crippen molar-refractivity contribution < 1.29 is 9.30 Å². The quantitative estimate of drug-likeness (QED) is 0.227. The Labute approximate surface area is 233 Å². The summed E-state index contributed by atoms with van der Waals surface area (Å²) in [7, 11) is -3.15. The summed E-state index contributed by atoms with van der Waals surface area (Å²) in [6, 6.07) is 32.9. The minimum atomic E-state index is -3.15. The maximum absolute atomic E-state index is 14.9. The van der Waals surface area contributed by atoms with Crippen LogP contribution < -0.4 is 20.7 Å². The number of aromatic nitrogens is 3. The summed E-state index contributed by atoms with van der Waals surface area (Å²) in [4.78, 5) is 14.7. The van der Waals surface area contributed by atoms with Gasteiger partial charge in [0, 0.05) is 22.0 Å². The second-order valence-electron chi connectivity index (χ2n) is 10.1. The molecule has 0 saturated carbocycles. The topological polar surface area (TPSA) is 65.0 Å². The summed E-state index contributed by atoms with van der Waals surface area (Å²) >= 11 is 0. The number of fused-ring (bicyclic) bond motifs is 2. The SMILES string of the molecule is CC1CC=CC=C1c1nc(-c2ccccc2)nc(-c2ccc3c(c2)Oc2ccccc2P3(=O)c2ccccc2)n1. The maximum atomic E-state index is 14.9. The van der Waals surface area contributed by atoms with Crippen LogP contribution in [0.4, 0.5) is 0 Å². The summed E-state index contributed by atoms with van der Waals surface area (Å²) in [5.74, 6) is 3.28. The first-order valence-electron chi connectivity index (χ1n) is 13.4. The number of allylic oxidation sites excluding steroid dienone is 4. The van der Waals surface area contributed by atoms with Gasteiger partial charge in [-0.1, -0.05) is 104 Å². The molecule has 1 aliphatic heterocycles. The van der Waals surface area contributed by atoms with E-state index in [1.165, 1.54) is 0 Å². The molecule has 5 aromatic rings. The third-order valence-electron chi connectivity index (χ3n) is 7.46. The van der Waals surface area contributed by atoms with E-state index in [1.54, 1.807) is 0 Å². The van der Waals surface area contributed by atoms with Crippen molar-refractivity contribution in [2.45, 2.75) is 13.3 Å². The molecule has 6 heteroatoms. The van der Waals surface area contributed by atoms with Gasteiger partial charge in [-0.15, -0.1) is 0 Å². The Kier molecular flexibility index (Phi) is 6.02. The Morgan fingerprint density at radius 1 is 0.700 bits per heavy atom. The Hall–Kier alpha value is -4.60. The fraction of sp³-hybridized carbons (Fsp3) is 0.0882. The summed E-state index contributed by atoms with van der Waals surface area (Å²) in [5, 5.41) is 2.16. The van der Waals surface area contributed by atoms with Gasteiger partial charge in [-0.3, -0.25) is 0 Å². The van der Waals surface area contributed by atoms with Crippen molar-refractivity contribution in [3.05, 3.63) is 127 Å². The van der Waals surface area contributed by atoms with E-state index in [9.17, 15) is 4.57 Å². The summed E-state index contributed by atoms with van der Waals surface area (Å²) < 4.78 is 21.3. The zero-order valence-electron chi connectivity index (χ0n) is 21.9. The second kappa shape index (κ2) is 9.86. The van der Waals surface area contributed by atoms with Crippen LogP contribution in [0.1, 0.15) is 19.2 Å². The van der Waals surface area contributed by atoms with Crippen molar-refractivity contribution in [2.75, 3.05) is 0 Å². The Bertz CT molecular complexity index is 1850. The first-order valence-corrected chi connectivity index (χ1v) is 15.1. The first kappa shape index (κ1) is 24.4. The molecule has 194 valence electrons. The molecule has 1 aromatic heterocycles. The van der Waals surface area contributed by atoms with E-state index in [2.05, 4.69) is 25.2 Å². The van der Waals surface area contributed by atoms with Gasteiger partial charge in [-0.25, -0.2) is 15.0 Å². The van der Waals surface area contributed by atoms with Crippen LogP contribution in [0.25, 0.3) is 28.3 Å². The van der Waals surface area contributed by atoms with Crippen LogP contribution in [0.15, 0.2) is 121 Å². The number of rotatable bonds is 4. The lowest BCUT2D eigenvalue weighted by Crippen LogP contribution is -2.30. The highest BCUT2D eigenvalue weighted by Crippen LogP contribution is 2.51. The lowest BCUT2D eigenvalue weighted by atomic mass is 9.92. The highest BCUT2D eigenvalue weighted by molar-refractivity contribution is 7.85. The highest BCUT2D eigenvalue weighted by atomic mass is 31.2. The van der Waals surface area contributed by atoms with Crippen molar-refractivity contribution in [2.24, 2.45) is 5.92 Å². The zero-order chi connectivity index (χ0) is 27.1. The van der Waals surface area contributed by atoms with Crippen LogP contribution in [0.5, 0.6) is 11.5 Å². The molecule has 7 rings (SSSR count). The monoisotopic (exact) mass is 539 g/mol. The molecule has 2 heterocycles. The molecule has 2 atom stereocenters. The van der Waals surface area contributed by atoms with Gasteiger partial charge >= 0.3 is 0 Å². The Morgan fingerprint density at radius 3 is 2.12 bits per heavy atom. The number of nitrogens with zero attached hydrogens (tertiary/aromatic N) is 3. The highest BCUT2D eigenvalue weighted by Gasteiger charge is 2.39. The Morgan fingerprint density at radius 2 is 1.35 bits per heavy atom. The van der Waals surface area contributed by atoms with E-state index in [1.807, 2.05) is 103 Å². The molecule has 0 fully saturated rings. The van der Waals surface area contributed by atoms with Gasteiger partial charge in [0.1, 0.15) is 11.5 Å². The molecule has 0 N–H and O–H groups in total. The van der Waals surface area contributed by atoms with Gasteiger partial charge in [-0.05, 0) is 36.6 Å². The van der Waals surface area contributed by atoms with E-state index in [4.69, 9.17) is 19.7 Å². The predicted octanol–water partition coefficient (Wildman–Crippen LogP) is 6.93. The van der Waals surface area contributed by atoms with Gasteiger partial charge in [0.2, 0.25) is 0 Å². The lowest BCUT2D eigenvalue weighted by Gasteiger charge is -2.29. The Balaban J connectivity index is 1.41. The largest absolute Gasteiger partial charge is 0.456 e. The second-order valence-corrected chi connectivity index (χ2v) is 12.8. The third-order valence-corrected chi connectivity index (χ3v) is 10.6. The molecule has 5 nitrogen and oxygen atoms in total. The molecule has 2 unspecified atom stereocenters. The number of para-hydroxylation sites is 1. The number of ether oxygens (including phenoxy) is 1. The fourth-order valence-corrected chi connectivity index (χ4v) is 8.19. The van der Waals surface area contributed by atoms with Crippen LogP contribution in [0, 0.1) is 5.92 Å². The normalized spacial score (nSPS) is 19.2. The average Bonchev–Trinajstić information content (AvgIpc) is 3.02. The minimum Gasteiger partial charge on any atom is -0.456 e. The molecule has 1 aliphatic carbocycles. The molecular weight excluding hydrogens is 513 g/mol. The van der Waals surface area contributed by atoms with Crippen molar-refractivity contribution in [3.8, 4) is 34.3 Å². The number of hydrogen-bond donors (Lipinski definition) is 0. The van der Waals surface area contributed by atoms with E-state index >= 15 is 0 Å². The zero-order valence-corrected chi connectivity index (χ0v) is 22.8. The van der Waals surface area contributed by atoms with E-state index < -0.39 is 7.14 Å². The maximum Gasteiger partial charge on any atom is 0.178 e. The van der Waals surface area contributed by atoms with E-state index in [0.717, 1.165) is 28.4 Å². The molecule has 40 heavy (non-hydrogen) atoms. The van der Waals surface area contributed by atoms with Gasteiger partial charge in [-0.2, -0.15) is 0 Å². The number of benzene rings is 4. The minimum absolute atomic E-state index is 0.295. The standard InChI is InChI=1S/C34H26N3O2P/c1-23-12-8-9-17-27(23)34-36-32(24-13-4-2-5-14-24)35-33(37-34)25-20-21-31-29(22-25)39-28-18-10-11-19-30(28)40(31,38)26-15-6-3-7-16-26/h2-11,13-23H,12H2,1H3. The van der Waals surface area contributed by atoms with Gasteiger partial charge in [0.25, 0.3) is 0 Å². The van der Waals surface area contributed by atoms with Gasteiger partial charge in [0.15, 0.2) is 24.6 Å². The van der Waals surface area contributed by atoms with Crippen molar-refractivity contribution in [1.29, 1.82) is 0 Å². The smallest absolute Gasteiger partial charge is 0.178 e. The summed E-state index contributed by atoms with van der Waals surface area (Å²) in [6.45, 7) is 2.19. The molecule has 2 aliphatic rings. The molecule has 4 aromatic carbocycles. The molecular formula is C34H26N3O2P. The summed E-state index contributed by atoms with van der Waals surface area (Å²) in [5.41, 5.74) is 2.78. The fourth-order valence-electron chi connectivity index (χ4n) is 5.35. The molecule has 0 bridgehead atoms. The summed E-state index contributed by atoms with van der Waals surface area (Å²) in [6.07, 6.45) is 7.25. The average molecular weight is 540 g/mol. The van der Waals surface area contributed by atoms with E-state index in [0.29, 0.717) is 45.5 Å². The van der Waals surface area contributed by atoms with Crippen LogP contribution >= 0.6 is 7.14 Å². The first-order chi connectivity index (χ1) is 19.6. The predicted molar refractivity (Wildman–Crippen MR) is 161 cm³/mol. The van der Waals surface area contributed by atoms with Gasteiger partial charge in [0.05, 0.1) is 10.6 Å². The van der Waals surface area contributed by atoms with E-state index in [-0.39, 0.29) is 0 Å². The van der Waals surface area contributed by atoms with Crippen molar-refractivity contribution in [3.63, 3.8) is 0 Å². The molecule has 0 spiro atoms. The molecule has 0 amide bonds. The van der Waals surface area contributed by atoms with Crippen LogP contribution in [0.3, 0.4) is 0 Å². The van der Waals surface area contributed by atoms with Gasteiger partial charge < -0.3 is 9.30 Å². The molecule has 0 saturated heterocycles. The van der Waals surface area contributed by atoms with Crippen LogP contribution in [0.2, 0.25) is 0 Å². The number of hydrogen-bond acceptors (Lipinski definition) is 5. The van der Waals surface area contributed by atoms with Crippen LogP contribution in [-0.4, -0.2) is 15.0 Å². The lowest BCUT2D eigenvalue weighted by molar-refractivity contribution is 0.485. The van der Waals surface area contributed by atoms with Crippen molar-refractivity contribution >= 4 is 28.6 Å². The third kappa shape index (κ3) is 4.11. The van der Waals surface area contributed by atoms with Crippen molar-refractivity contribution in [1.82, 2.24) is 15.0 Å². The molecule has 0 radical (unpaired) electrons. The van der Waals surface area contributed by atoms with Crippen LogP contribution in [-0.2, 0) is 4.57 Å².